The van der Waals surface area contributed by atoms with E-state index in [0.717, 1.165) is 22.4 Å². The van der Waals surface area contributed by atoms with Crippen LogP contribution in [0.1, 0.15) is 25.0 Å². The summed E-state index contributed by atoms with van der Waals surface area (Å²) in [5, 5.41) is 7.05. The summed E-state index contributed by atoms with van der Waals surface area (Å²) in [7, 11) is -1.37. The van der Waals surface area contributed by atoms with Gasteiger partial charge >= 0.3 is 7.60 Å². The third-order valence-corrected chi connectivity index (χ3v) is 7.20. The monoisotopic (exact) mass is 483 g/mol. The molecule has 0 spiro atoms. The van der Waals surface area contributed by atoms with Crippen molar-refractivity contribution in [3.63, 3.8) is 0 Å². The Kier molecular flexibility index (Phi) is 6.84. The fourth-order valence-corrected chi connectivity index (χ4v) is 5.53. The minimum Gasteiger partial charge on any atom is -0.323 e. The molecule has 2 heterocycles. The summed E-state index contributed by atoms with van der Waals surface area (Å²) in [6.45, 7) is 4.79. The topological polar surface area (TPSA) is 82.5 Å². The van der Waals surface area contributed by atoms with E-state index >= 15 is 0 Å². The average Bonchev–Trinajstić information content (AvgIpc) is 3.17. The predicted molar refractivity (Wildman–Crippen MR) is 130 cm³/mol. The molecule has 178 valence electrons. The Hall–Kier alpha value is -3.06. The molecule has 1 amide bonds. The molecule has 1 fully saturated rings. The molecule has 0 radical (unpaired) electrons. The number of rotatable bonds is 6. The normalized spacial score (nSPS) is 17.1. The van der Waals surface area contributed by atoms with E-state index < -0.39 is 7.60 Å². The third kappa shape index (κ3) is 5.89. The fourth-order valence-electron chi connectivity index (χ4n) is 3.52. The van der Waals surface area contributed by atoms with Gasteiger partial charge in [-0.2, -0.15) is 5.10 Å². The van der Waals surface area contributed by atoms with Crippen molar-refractivity contribution in [2.24, 2.45) is 12.5 Å². The van der Waals surface area contributed by atoms with Gasteiger partial charge in [-0.15, -0.1) is 0 Å². The minimum atomic E-state index is -3.16. The maximum atomic E-state index is 13.3. The predicted octanol–water partition coefficient (Wildman–Crippen LogP) is 5.64. The van der Waals surface area contributed by atoms with Crippen LogP contribution in [0.4, 0.5) is 10.1 Å². The molecule has 0 aliphatic carbocycles. The van der Waals surface area contributed by atoms with Crippen molar-refractivity contribution in [2.45, 2.75) is 20.0 Å². The molecule has 1 aliphatic heterocycles. The van der Waals surface area contributed by atoms with E-state index in [9.17, 15) is 13.8 Å². The molecule has 1 aromatic heterocycles. The van der Waals surface area contributed by atoms with E-state index in [2.05, 4.69) is 10.4 Å². The van der Waals surface area contributed by atoms with Crippen molar-refractivity contribution < 1.29 is 22.8 Å². The van der Waals surface area contributed by atoms with E-state index in [1.165, 1.54) is 18.2 Å². The van der Waals surface area contributed by atoms with Crippen LogP contribution >= 0.6 is 7.60 Å². The molecular weight excluding hydrogens is 456 g/mol. The van der Waals surface area contributed by atoms with Gasteiger partial charge < -0.3 is 14.4 Å². The van der Waals surface area contributed by atoms with E-state index in [-0.39, 0.29) is 23.3 Å². The van der Waals surface area contributed by atoms with Gasteiger partial charge in [0.05, 0.1) is 31.3 Å². The number of halogens is 1. The minimum absolute atomic E-state index is 0.148. The lowest BCUT2D eigenvalue weighted by molar-refractivity contribution is -0.111. The van der Waals surface area contributed by atoms with Crippen LogP contribution in [0.2, 0.25) is 0 Å². The second-order valence-electron chi connectivity index (χ2n) is 9.08. The van der Waals surface area contributed by atoms with Crippen LogP contribution < -0.4 is 5.32 Å². The van der Waals surface area contributed by atoms with Gasteiger partial charge in [-0.05, 0) is 48.0 Å². The van der Waals surface area contributed by atoms with Gasteiger partial charge in [0, 0.05) is 35.4 Å². The van der Waals surface area contributed by atoms with E-state index in [1.54, 1.807) is 60.4 Å². The summed E-state index contributed by atoms with van der Waals surface area (Å²) in [5.41, 5.74) is 3.57. The highest BCUT2D eigenvalue weighted by Gasteiger charge is 2.36. The van der Waals surface area contributed by atoms with Crippen molar-refractivity contribution in [1.82, 2.24) is 9.78 Å². The summed E-state index contributed by atoms with van der Waals surface area (Å²) in [5.74, 6) is -0.626. The Morgan fingerprint density at radius 1 is 1.15 bits per heavy atom. The van der Waals surface area contributed by atoms with Crippen LogP contribution in [0.3, 0.4) is 0 Å². The lowest BCUT2D eigenvalue weighted by atomic mass is 9.97. The summed E-state index contributed by atoms with van der Waals surface area (Å²) in [6, 6.07) is 13.2. The fraction of sp³-hybridized carbons (Fsp3) is 0.280. The molecule has 7 nitrogen and oxygen atoms in total. The highest BCUT2D eigenvalue weighted by atomic mass is 31.2. The number of nitrogens with zero attached hydrogens (tertiary/aromatic N) is 2. The van der Waals surface area contributed by atoms with Crippen molar-refractivity contribution in [3.05, 3.63) is 77.7 Å². The van der Waals surface area contributed by atoms with Crippen molar-refractivity contribution >= 4 is 25.3 Å². The third-order valence-electron chi connectivity index (χ3n) is 5.40. The Bertz CT molecular complexity index is 1240. The number of hydrogen-bond acceptors (Lipinski definition) is 5. The number of hydrogen-bond donors (Lipinski definition) is 1. The lowest BCUT2D eigenvalue weighted by Gasteiger charge is -2.34. The van der Waals surface area contributed by atoms with Gasteiger partial charge in [0.1, 0.15) is 5.82 Å². The molecule has 0 atom stereocenters. The van der Waals surface area contributed by atoms with E-state index in [1.807, 2.05) is 13.8 Å². The summed E-state index contributed by atoms with van der Waals surface area (Å²) in [4.78, 5) is 12.4. The molecule has 0 saturated carbocycles. The van der Waals surface area contributed by atoms with Gasteiger partial charge in [-0.1, -0.05) is 26.0 Å². The van der Waals surface area contributed by atoms with Crippen molar-refractivity contribution in [3.8, 4) is 11.3 Å². The molecule has 1 aliphatic rings. The molecule has 3 aromatic rings. The molecule has 1 saturated heterocycles. The number of aromatic nitrogens is 2. The van der Waals surface area contributed by atoms with Crippen LogP contribution in [0.5, 0.6) is 0 Å². The van der Waals surface area contributed by atoms with Gasteiger partial charge in [0.25, 0.3) is 0 Å². The first kappa shape index (κ1) is 24.1. The number of benzene rings is 2. The summed E-state index contributed by atoms with van der Waals surface area (Å²) in [6.07, 6.45) is 4.92. The largest absolute Gasteiger partial charge is 0.335 e. The molecule has 0 bridgehead atoms. The van der Waals surface area contributed by atoms with Crippen molar-refractivity contribution in [1.29, 1.82) is 0 Å². The first-order valence-corrected chi connectivity index (χ1v) is 12.6. The maximum absolute atomic E-state index is 13.3. The molecule has 2 aromatic carbocycles. The second kappa shape index (κ2) is 9.66. The quantitative estimate of drug-likeness (QED) is 0.362. The number of amides is 1. The van der Waals surface area contributed by atoms with Gasteiger partial charge in [0.2, 0.25) is 5.91 Å². The van der Waals surface area contributed by atoms with Gasteiger partial charge in [-0.25, -0.2) is 4.39 Å². The van der Waals surface area contributed by atoms with Crippen LogP contribution in [-0.2, 0) is 31.6 Å². The molecule has 0 unspecified atom stereocenters. The average molecular weight is 483 g/mol. The van der Waals surface area contributed by atoms with E-state index in [4.69, 9.17) is 9.05 Å². The van der Waals surface area contributed by atoms with Gasteiger partial charge in [-0.3, -0.25) is 14.0 Å². The number of nitrogens with one attached hydrogen (secondary N) is 1. The molecule has 1 N–H and O–H groups in total. The SMILES string of the molecule is Cn1ncc(/C=C/C(=O)Nc2ccc(CP3(=O)OCC(C)(C)CO3)cc2)c1-c1ccc(F)cc1. The second-order valence-corrected chi connectivity index (χ2v) is 11.1. The lowest BCUT2D eigenvalue weighted by Crippen LogP contribution is -2.29. The Morgan fingerprint density at radius 2 is 1.79 bits per heavy atom. The van der Waals surface area contributed by atoms with Crippen molar-refractivity contribution in [2.75, 3.05) is 18.5 Å². The Labute approximate surface area is 198 Å². The molecule has 34 heavy (non-hydrogen) atoms. The number of aryl methyl sites for hydroxylation is 1. The van der Waals surface area contributed by atoms with Crippen LogP contribution in [0.25, 0.3) is 17.3 Å². The standard InChI is InChI=1S/C25H27FN3O4P/c1-25(2)16-32-34(31,33-17-25)15-18-4-11-22(12-5-18)28-23(30)13-8-20-14-27-29(3)24(20)19-6-9-21(26)10-7-19/h4-14H,15-17H2,1-3H3,(H,28,30)/b13-8+. The highest BCUT2D eigenvalue weighted by molar-refractivity contribution is 7.53. The number of carbonyl (C=O) groups excluding carboxylic acids is 1. The Morgan fingerprint density at radius 3 is 2.44 bits per heavy atom. The summed E-state index contributed by atoms with van der Waals surface area (Å²) < 4.78 is 38.8. The smallest absolute Gasteiger partial charge is 0.323 e. The maximum Gasteiger partial charge on any atom is 0.335 e. The zero-order chi connectivity index (χ0) is 24.3. The van der Waals surface area contributed by atoms with E-state index in [0.29, 0.717) is 18.9 Å². The summed E-state index contributed by atoms with van der Waals surface area (Å²) >= 11 is 0. The first-order valence-electron chi connectivity index (χ1n) is 10.9. The van der Waals surface area contributed by atoms with Crippen LogP contribution in [0.15, 0.2) is 60.8 Å². The first-order chi connectivity index (χ1) is 16.1. The zero-order valence-corrected chi connectivity index (χ0v) is 20.2. The molecule has 9 heteroatoms. The number of carbonyl (C=O) groups is 1. The van der Waals surface area contributed by atoms with Crippen LogP contribution in [-0.4, -0.2) is 28.9 Å². The highest BCUT2D eigenvalue weighted by Crippen LogP contribution is 2.56. The van der Waals surface area contributed by atoms with Gasteiger partial charge in [0.15, 0.2) is 0 Å². The molecule has 4 rings (SSSR count). The van der Waals surface area contributed by atoms with Crippen LogP contribution in [0, 0.1) is 11.2 Å². The molecular formula is C25H27FN3O4P. The Balaban J connectivity index is 1.38. The zero-order valence-electron chi connectivity index (χ0n) is 19.3. The number of anilines is 1.